The fourth-order valence-corrected chi connectivity index (χ4v) is 3.31. The van der Waals surface area contributed by atoms with Crippen molar-refractivity contribution in [1.82, 2.24) is 29.4 Å². The van der Waals surface area contributed by atoms with Crippen molar-refractivity contribution >= 4 is 16.7 Å². The van der Waals surface area contributed by atoms with E-state index in [-0.39, 0.29) is 0 Å². The Morgan fingerprint density at radius 2 is 1.79 bits per heavy atom. The summed E-state index contributed by atoms with van der Waals surface area (Å²) >= 11 is 0. The van der Waals surface area contributed by atoms with Gasteiger partial charge in [-0.2, -0.15) is 5.10 Å². The van der Waals surface area contributed by atoms with Crippen molar-refractivity contribution in [3.63, 3.8) is 0 Å². The maximum atomic E-state index is 5.22. The lowest BCUT2D eigenvalue weighted by Gasteiger charge is -2.07. The van der Waals surface area contributed by atoms with Crippen LogP contribution in [0.4, 0.5) is 0 Å². The number of hydrogen-bond donors (Lipinski definition) is 0. The molecule has 0 unspecified atom stereocenters. The fourth-order valence-electron chi connectivity index (χ4n) is 3.31. The summed E-state index contributed by atoms with van der Waals surface area (Å²) in [6.45, 7) is 4.14. The van der Waals surface area contributed by atoms with Crippen LogP contribution in [0.25, 0.3) is 33.8 Å². The van der Waals surface area contributed by atoms with E-state index >= 15 is 0 Å². The Bertz CT molecular complexity index is 1320. The topological polar surface area (TPSA) is 70.1 Å². The SMILES string of the molecule is COc1ccc(-c2nc3c4cnn(-c5cc(C)ccc5C)c4ncn3n2)cc1. The summed E-state index contributed by atoms with van der Waals surface area (Å²) in [6, 6.07) is 14.0. The molecular formula is C21H18N6O. The van der Waals surface area contributed by atoms with Gasteiger partial charge in [0.2, 0.25) is 0 Å². The third-order valence-electron chi connectivity index (χ3n) is 4.85. The summed E-state index contributed by atoms with van der Waals surface area (Å²) in [6.07, 6.45) is 3.48. The molecule has 0 fully saturated rings. The van der Waals surface area contributed by atoms with Crippen LogP contribution in [-0.4, -0.2) is 36.5 Å². The number of fused-ring (bicyclic) bond motifs is 3. The van der Waals surface area contributed by atoms with Gasteiger partial charge >= 0.3 is 0 Å². The average Bonchev–Trinajstić information content (AvgIpc) is 3.33. The van der Waals surface area contributed by atoms with Gasteiger partial charge in [0.1, 0.15) is 12.1 Å². The predicted molar refractivity (Wildman–Crippen MR) is 107 cm³/mol. The third kappa shape index (κ3) is 2.51. The summed E-state index contributed by atoms with van der Waals surface area (Å²) in [5.74, 6) is 1.43. The molecular weight excluding hydrogens is 352 g/mol. The van der Waals surface area contributed by atoms with Crippen LogP contribution in [0.1, 0.15) is 11.1 Å². The average molecular weight is 370 g/mol. The lowest BCUT2D eigenvalue weighted by molar-refractivity contribution is 0.415. The molecule has 2 aromatic carbocycles. The Morgan fingerprint density at radius 3 is 2.57 bits per heavy atom. The van der Waals surface area contributed by atoms with E-state index in [0.29, 0.717) is 5.82 Å². The number of nitrogens with zero attached hydrogens (tertiary/aromatic N) is 6. The van der Waals surface area contributed by atoms with Crippen LogP contribution in [0.3, 0.4) is 0 Å². The molecule has 0 saturated carbocycles. The number of benzene rings is 2. The molecule has 0 bridgehead atoms. The second-order valence-corrected chi connectivity index (χ2v) is 6.76. The molecule has 0 radical (unpaired) electrons. The zero-order valence-corrected chi connectivity index (χ0v) is 15.8. The lowest BCUT2D eigenvalue weighted by atomic mass is 10.1. The molecule has 0 amide bonds. The van der Waals surface area contributed by atoms with Gasteiger partial charge in [-0.1, -0.05) is 12.1 Å². The van der Waals surface area contributed by atoms with E-state index in [9.17, 15) is 0 Å². The molecule has 7 heteroatoms. The van der Waals surface area contributed by atoms with Crippen molar-refractivity contribution < 1.29 is 4.74 Å². The van der Waals surface area contributed by atoms with Gasteiger partial charge in [0.05, 0.1) is 24.4 Å². The molecule has 0 saturated heterocycles. The molecule has 0 N–H and O–H groups in total. The molecule has 138 valence electrons. The van der Waals surface area contributed by atoms with Gasteiger partial charge in [0.15, 0.2) is 17.1 Å². The highest BCUT2D eigenvalue weighted by molar-refractivity contribution is 5.90. The van der Waals surface area contributed by atoms with Gasteiger partial charge in [0, 0.05) is 5.56 Å². The Balaban J connectivity index is 1.67. The van der Waals surface area contributed by atoms with E-state index in [0.717, 1.165) is 39.2 Å². The van der Waals surface area contributed by atoms with Crippen LogP contribution in [0.5, 0.6) is 5.75 Å². The minimum Gasteiger partial charge on any atom is -0.497 e. The van der Waals surface area contributed by atoms with Crippen LogP contribution in [-0.2, 0) is 0 Å². The van der Waals surface area contributed by atoms with Gasteiger partial charge in [-0.05, 0) is 55.3 Å². The second kappa shape index (κ2) is 6.16. The van der Waals surface area contributed by atoms with Gasteiger partial charge in [0.25, 0.3) is 0 Å². The van der Waals surface area contributed by atoms with Crippen LogP contribution in [0.2, 0.25) is 0 Å². The number of hydrogen-bond acceptors (Lipinski definition) is 5. The molecule has 7 nitrogen and oxygen atoms in total. The fraction of sp³-hybridized carbons (Fsp3) is 0.143. The van der Waals surface area contributed by atoms with Crippen LogP contribution < -0.4 is 4.74 Å². The smallest absolute Gasteiger partial charge is 0.182 e. The van der Waals surface area contributed by atoms with Gasteiger partial charge in [-0.25, -0.2) is 19.2 Å². The standard InChI is InChI=1S/C21H18N6O/c1-13-4-5-14(2)18(10-13)27-20-17(11-23-27)21-24-19(25-26(21)12-22-20)15-6-8-16(28-3)9-7-15/h4-12H,1-3H3. The zero-order chi connectivity index (χ0) is 19.3. The molecule has 5 aromatic rings. The van der Waals surface area contributed by atoms with Crippen LogP contribution >= 0.6 is 0 Å². The van der Waals surface area contributed by atoms with E-state index in [1.807, 2.05) is 28.9 Å². The first-order valence-electron chi connectivity index (χ1n) is 8.95. The number of aryl methyl sites for hydroxylation is 2. The first kappa shape index (κ1) is 16.4. The summed E-state index contributed by atoms with van der Waals surface area (Å²) in [7, 11) is 1.65. The lowest BCUT2D eigenvalue weighted by Crippen LogP contribution is -2.01. The number of ether oxygens (including phenoxy) is 1. The molecule has 0 aliphatic carbocycles. The van der Waals surface area contributed by atoms with Crippen molar-refractivity contribution in [2.75, 3.05) is 7.11 Å². The second-order valence-electron chi connectivity index (χ2n) is 6.76. The summed E-state index contributed by atoms with van der Waals surface area (Å²) in [5, 5.41) is 10.0. The highest BCUT2D eigenvalue weighted by Gasteiger charge is 2.15. The molecule has 0 aliphatic heterocycles. The number of aromatic nitrogens is 6. The first-order chi connectivity index (χ1) is 13.6. The molecule has 0 spiro atoms. The number of methoxy groups -OCH3 is 1. The minimum absolute atomic E-state index is 0.636. The van der Waals surface area contributed by atoms with E-state index < -0.39 is 0 Å². The molecule has 28 heavy (non-hydrogen) atoms. The zero-order valence-electron chi connectivity index (χ0n) is 15.8. The Hall–Kier alpha value is -3.74. The molecule has 0 atom stereocenters. The number of rotatable bonds is 3. The Labute approximate surface area is 161 Å². The molecule has 3 aromatic heterocycles. The highest BCUT2D eigenvalue weighted by Crippen LogP contribution is 2.25. The van der Waals surface area contributed by atoms with E-state index in [1.54, 1.807) is 24.1 Å². The normalized spacial score (nSPS) is 11.4. The highest BCUT2D eigenvalue weighted by atomic mass is 16.5. The molecule has 3 heterocycles. The Kier molecular flexibility index (Phi) is 3.61. The predicted octanol–water partition coefficient (Wildman–Crippen LogP) is 3.76. The van der Waals surface area contributed by atoms with Gasteiger partial charge in [-0.15, -0.1) is 5.10 Å². The quantitative estimate of drug-likeness (QED) is 0.484. The van der Waals surface area contributed by atoms with Crippen molar-refractivity contribution in [3.05, 3.63) is 66.1 Å². The molecule has 0 aliphatic rings. The third-order valence-corrected chi connectivity index (χ3v) is 4.85. The minimum atomic E-state index is 0.636. The van der Waals surface area contributed by atoms with Crippen LogP contribution in [0, 0.1) is 13.8 Å². The van der Waals surface area contributed by atoms with Gasteiger partial charge < -0.3 is 4.74 Å². The summed E-state index contributed by atoms with van der Waals surface area (Å²) in [5.41, 5.74) is 5.73. The monoisotopic (exact) mass is 370 g/mol. The molecule has 5 rings (SSSR count). The first-order valence-corrected chi connectivity index (χ1v) is 8.95. The van der Waals surface area contributed by atoms with E-state index in [1.165, 1.54) is 5.56 Å². The maximum absolute atomic E-state index is 5.22. The Morgan fingerprint density at radius 1 is 0.964 bits per heavy atom. The maximum Gasteiger partial charge on any atom is 0.182 e. The van der Waals surface area contributed by atoms with Crippen molar-refractivity contribution in [2.24, 2.45) is 0 Å². The van der Waals surface area contributed by atoms with Gasteiger partial charge in [-0.3, -0.25) is 0 Å². The largest absolute Gasteiger partial charge is 0.497 e. The van der Waals surface area contributed by atoms with Crippen LogP contribution in [0.15, 0.2) is 55.0 Å². The summed E-state index contributed by atoms with van der Waals surface area (Å²) < 4.78 is 8.77. The van der Waals surface area contributed by atoms with Crippen molar-refractivity contribution in [3.8, 4) is 22.8 Å². The summed E-state index contributed by atoms with van der Waals surface area (Å²) in [4.78, 5) is 9.32. The van der Waals surface area contributed by atoms with Crippen molar-refractivity contribution in [1.29, 1.82) is 0 Å². The van der Waals surface area contributed by atoms with Crippen molar-refractivity contribution in [2.45, 2.75) is 13.8 Å². The van der Waals surface area contributed by atoms with E-state index in [4.69, 9.17) is 9.72 Å². The van der Waals surface area contributed by atoms with E-state index in [2.05, 4.69) is 47.2 Å².